The van der Waals surface area contributed by atoms with Crippen LogP contribution in [0.3, 0.4) is 0 Å². The van der Waals surface area contributed by atoms with E-state index >= 15 is 0 Å². The molecule has 3 heteroatoms. The number of hydrogen-bond acceptors (Lipinski definition) is 3. The van der Waals surface area contributed by atoms with Crippen LogP contribution in [0.2, 0.25) is 0 Å². The zero-order chi connectivity index (χ0) is 12.1. The van der Waals surface area contributed by atoms with Crippen molar-refractivity contribution in [2.45, 2.75) is 25.3 Å². The van der Waals surface area contributed by atoms with Crippen LogP contribution in [-0.4, -0.2) is 42.7 Å². The van der Waals surface area contributed by atoms with Crippen molar-refractivity contribution in [2.75, 3.05) is 26.7 Å². The Bertz CT molecular complexity index is 348. The fourth-order valence-corrected chi connectivity index (χ4v) is 2.45. The molecule has 1 fully saturated rings. The molecule has 1 heterocycles. The van der Waals surface area contributed by atoms with Crippen molar-refractivity contribution < 1.29 is 5.11 Å². The minimum Gasteiger partial charge on any atom is -0.508 e. The molecule has 1 aromatic carbocycles. The van der Waals surface area contributed by atoms with Crippen LogP contribution in [0.15, 0.2) is 24.3 Å². The fraction of sp³-hybridized carbons (Fsp3) is 0.571. The van der Waals surface area contributed by atoms with Crippen LogP contribution in [0.5, 0.6) is 5.75 Å². The molecule has 2 N–H and O–H groups in total. The molecule has 0 aliphatic carbocycles. The first-order chi connectivity index (χ1) is 8.25. The van der Waals surface area contributed by atoms with Crippen molar-refractivity contribution in [3.8, 4) is 5.75 Å². The summed E-state index contributed by atoms with van der Waals surface area (Å²) in [4.78, 5) is 2.45. The maximum Gasteiger partial charge on any atom is 0.115 e. The smallest absolute Gasteiger partial charge is 0.115 e. The molecular weight excluding hydrogens is 212 g/mol. The third-order valence-electron chi connectivity index (χ3n) is 3.60. The van der Waals surface area contributed by atoms with Crippen molar-refractivity contribution in [2.24, 2.45) is 0 Å². The SMILES string of the molecule is CN(CCc1cccc(O)c1)C1CCNCC1. The highest BCUT2D eigenvalue weighted by atomic mass is 16.3. The molecule has 0 saturated carbocycles. The van der Waals surface area contributed by atoms with E-state index in [-0.39, 0.29) is 0 Å². The van der Waals surface area contributed by atoms with Gasteiger partial charge in [-0.2, -0.15) is 0 Å². The molecule has 94 valence electrons. The lowest BCUT2D eigenvalue weighted by atomic mass is 10.0. The Morgan fingerprint density at radius 1 is 1.35 bits per heavy atom. The molecule has 0 radical (unpaired) electrons. The fourth-order valence-electron chi connectivity index (χ4n) is 2.45. The van der Waals surface area contributed by atoms with E-state index in [2.05, 4.69) is 23.3 Å². The Morgan fingerprint density at radius 3 is 2.82 bits per heavy atom. The molecule has 0 spiro atoms. The highest BCUT2D eigenvalue weighted by Gasteiger charge is 2.17. The second-order valence-electron chi connectivity index (χ2n) is 4.88. The summed E-state index contributed by atoms with van der Waals surface area (Å²) in [6, 6.07) is 8.29. The molecule has 3 nitrogen and oxygen atoms in total. The predicted molar refractivity (Wildman–Crippen MR) is 70.3 cm³/mol. The number of nitrogens with zero attached hydrogens (tertiary/aromatic N) is 1. The molecule has 0 aromatic heterocycles. The van der Waals surface area contributed by atoms with Gasteiger partial charge in [-0.1, -0.05) is 12.1 Å². The van der Waals surface area contributed by atoms with E-state index in [4.69, 9.17) is 0 Å². The third kappa shape index (κ3) is 3.72. The number of nitrogens with one attached hydrogen (secondary N) is 1. The summed E-state index contributed by atoms with van der Waals surface area (Å²) in [6.45, 7) is 3.34. The largest absolute Gasteiger partial charge is 0.508 e. The van der Waals surface area contributed by atoms with Gasteiger partial charge in [0.15, 0.2) is 0 Å². The van der Waals surface area contributed by atoms with Gasteiger partial charge in [0.05, 0.1) is 0 Å². The van der Waals surface area contributed by atoms with Crippen LogP contribution in [0.25, 0.3) is 0 Å². The van der Waals surface area contributed by atoms with Crippen LogP contribution in [0, 0.1) is 0 Å². The van der Waals surface area contributed by atoms with E-state index in [9.17, 15) is 5.11 Å². The number of phenolic OH excluding ortho intramolecular Hbond substituents is 1. The molecule has 17 heavy (non-hydrogen) atoms. The van der Waals surface area contributed by atoms with Crippen LogP contribution in [-0.2, 0) is 6.42 Å². The van der Waals surface area contributed by atoms with Gasteiger partial charge in [0, 0.05) is 12.6 Å². The lowest BCUT2D eigenvalue weighted by molar-refractivity contribution is 0.201. The van der Waals surface area contributed by atoms with Crippen molar-refractivity contribution in [1.82, 2.24) is 10.2 Å². The summed E-state index contributed by atoms with van der Waals surface area (Å²) in [7, 11) is 2.21. The lowest BCUT2D eigenvalue weighted by Crippen LogP contribution is -2.41. The van der Waals surface area contributed by atoms with Gasteiger partial charge < -0.3 is 15.3 Å². The van der Waals surface area contributed by atoms with E-state index in [0.29, 0.717) is 11.8 Å². The number of hydrogen-bond donors (Lipinski definition) is 2. The van der Waals surface area contributed by atoms with Crippen molar-refractivity contribution in [1.29, 1.82) is 0 Å². The third-order valence-corrected chi connectivity index (χ3v) is 3.60. The minimum atomic E-state index is 0.368. The number of benzene rings is 1. The summed E-state index contributed by atoms with van der Waals surface area (Å²) in [5, 5.41) is 12.8. The summed E-state index contributed by atoms with van der Waals surface area (Å²) in [5.41, 5.74) is 1.21. The maximum atomic E-state index is 9.41. The zero-order valence-corrected chi connectivity index (χ0v) is 10.5. The Labute approximate surface area is 103 Å². The van der Waals surface area contributed by atoms with Crippen LogP contribution >= 0.6 is 0 Å². The van der Waals surface area contributed by atoms with Gasteiger partial charge in [-0.15, -0.1) is 0 Å². The van der Waals surface area contributed by atoms with Crippen molar-refractivity contribution >= 4 is 0 Å². The molecule has 1 saturated heterocycles. The van der Waals surface area contributed by atoms with Crippen LogP contribution in [0.1, 0.15) is 18.4 Å². The van der Waals surface area contributed by atoms with Gasteiger partial charge in [0.1, 0.15) is 5.75 Å². The van der Waals surface area contributed by atoms with E-state index in [1.165, 1.54) is 18.4 Å². The van der Waals surface area contributed by atoms with Crippen molar-refractivity contribution in [3.05, 3.63) is 29.8 Å². The number of aromatic hydroxyl groups is 1. The number of likely N-dealkylation sites (N-methyl/N-ethyl adjacent to an activating group) is 1. The minimum absolute atomic E-state index is 0.368. The standard InChI is InChI=1S/C14H22N2O/c1-16(13-5-8-15-9-6-13)10-7-12-3-2-4-14(17)11-12/h2-4,11,13,15,17H,5-10H2,1H3. The molecule has 0 amide bonds. The van der Waals surface area contributed by atoms with E-state index in [1.54, 1.807) is 6.07 Å². The predicted octanol–water partition coefficient (Wildman–Crippen LogP) is 1.62. The van der Waals surface area contributed by atoms with Gasteiger partial charge in [0.2, 0.25) is 0 Å². The molecule has 1 aliphatic heterocycles. The summed E-state index contributed by atoms with van der Waals surface area (Å²) in [5.74, 6) is 0.368. The van der Waals surface area contributed by atoms with Crippen LogP contribution in [0.4, 0.5) is 0 Å². The first kappa shape index (κ1) is 12.4. The number of piperidine rings is 1. The molecular formula is C14H22N2O. The average molecular weight is 234 g/mol. The highest BCUT2D eigenvalue weighted by molar-refractivity contribution is 5.27. The number of rotatable bonds is 4. The monoisotopic (exact) mass is 234 g/mol. The first-order valence-electron chi connectivity index (χ1n) is 6.44. The topological polar surface area (TPSA) is 35.5 Å². The molecule has 0 unspecified atom stereocenters. The summed E-state index contributed by atoms with van der Waals surface area (Å²) >= 11 is 0. The number of phenols is 1. The Hall–Kier alpha value is -1.06. The molecule has 0 bridgehead atoms. The van der Waals surface area contributed by atoms with Gasteiger partial charge in [-0.05, 0) is 57.1 Å². The van der Waals surface area contributed by atoms with Crippen LogP contribution < -0.4 is 5.32 Å². The normalized spacial score (nSPS) is 17.5. The first-order valence-corrected chi connectivity index (χ1v) is 6.44. The zero-order valence-electron chi connectivity index (χ0n) is 10.5. The molecule has 0 atom stereocenters. The Morgan fingerprint density at radius 2 is 2.12 bits per heavy atom. The quantitative estimate of drug-likeness (QED) is 0.831. The molecule has 2 rings (SSSR count). The van der Waals surface area contributed by atoms with E-state index < -0.39 is 0 Å². The Balaban J connectivity index is 1.80. The van der Waals surface area contributed by atoms with Gasteiger partial charge in [-0.3, -0.25) is 0 Å². The second-order valence-corrected chi connectivity index (χ2v) is 4.88. The highest BCUT2D eigenvalue weighted by Crippen LogP contribution is 2.14. The average Bonchev–Trinajstić information content (AvgIpc) is 2.37. The second kappa shape index (κ2) is 6.03. The van der Waals surface area contributed by atoms with E-state index in [0.717, 1.165) is 26.1 Å². The maximum absolute atomic E-state index is 9.41. The lowest BCUT2D eigenvalue weighted by Gasteiger charge is -2.31. The molecule has 1 aliphatic rings. The van der Waals surface area contributed by atoms with Gasteiger partial charge in [-0.25, -0.2) is 0 Å². The summed E-state index contributed by atoms with van der Waals surface area (Å²) < 4.78 is 0. The summed E-state index contributed by atoms with van der Waals surface area (Å²) in [6.07, 6.45) is 3.50. The van der Waals surface area contributed by atoms with Gasteiger partial charge >= 0.3 is 0 Å². The van der Waals surface area contributed by atoms with Crippen molar-refractivity contribution in [3.63, 3.8) is 0 Å². The van der Waals surface area contributed by atoms with Gasteiger partial charge in [0.25, 0.3) is 0 Å². The molecule has 1 aromatic rings. The van der Waals surface area contributed by atoms with E-state index in [1.807, 2.05) is 12.1 Å². The Kier molecular flexibility index (Phi) is 4.40.